The topological polar surface area (TPSA) is 80.7 Å². The van der Waals surface area contributed by atoms with Crippen LogP contribution in [0.4, 0.5) is 0 Å². The number of hydrogen-bond donors (Lipinski definition) is 1. The first-order chi connectivity index (χ1) is 7.83. The van der Waals surface area contributed by atoms with Crippen molar-refractivity contribution in [1.29, 1.82) is 0 Å². The summed E-state index contributed by atoms with van der Waals surface area (Å²) in [6.45, 7) is 0. The van der Waals surface area contributed by atoms with E-state index in [1.807, 2.05) is 0 Å². The van der Waals surface area contributed by atoms with Crippen LogP contribution in [0.5, 0.6) is 5.75 Å². The summed E-state index contributed by atoms with van der Waals surface area (Å²) in [5.41, 5.74) is 0.500. The van der Waals surface area contributed by atoms with E-state index in [9.17, 15) is 13.2 Å². The van der Waals surface area contributed by atoms with Gasteiger partial charge in [0.1, 0.15) is 15.6 Å². The van der Waals surface area contributed by atoms with Gasteiger partial charge in [0.05, 0.1) is 18.8 Å². The molecule has 0 aromatic heterocycles. The Bertz CT molecular complexity index is 489. The third-order valence-corrected chi connectivity index (χ3v) is 3.19. The summed E-state index contributed by atoms with van der Waals surface area (Å²) in [5.74, 6) is -1.74. The van der Waals surface area contributed by atoms with Crippen molar-refractivity contribution in [3.63, 3.8) is 0 Å². The second kappa shape index (κ2) is 5.18. The first kappa shape index (κ1) is 13.5. The molecule has 0 spiro atoms. The maximum Gasteiger partial charge on any atom is 0.314 e. The van der Waals surface area contributed by atoms with E-state index in [-0.39, 0.29) is 11.5 Å². The molecular weight excluding hydrogens is 244 g/mol. The average Bonchev–Trinajstić information content (AvgIpc) is 2.25. The van der Waals surface area contributed by atoms with Crippen LogP contribution in [-0.4, -0.2) is 38.6 Å². The van der Waals surface area contributed by atoms with Crippen LogP contribution >= 0.6 is 0 Å². The van der Waals surface area contributed by atoms with Gasteiger partial charge < -0.3 is 9.84 Å². The molecule has 1 aromatic rings. The number of benzene rings is 1. The Balaban J connectivity index is 3.06. The maximum absolute atomic E-state index is 11.5. The lowest BCUT2D eigenvalue weighted by Gasteiger charge is -2.13. The molecule has 0 bridgehead atoms. The van der Waals surface area contributed by atoms with Gasteiger partial charge in [-0.15, -0.1) is 0 Å². The van der Waals surface area contributed by atoms with Crippen molar-refractivity contribution < 1.29 is 23.1 Å². The molecule has 1 aromatic carbocycles. The van der Waals surface area contributed by atoms with Crippen LogP contribution in [0, 0.1) is 0 Å². The van der Waals surface area contributed by atoms with Gasteiger partial charge in [0.2, 0.25) is 0 Å². The summed E-state index contributed by atoms with van der Waals surface area (Å²) in [5, 5.41) is 9.13. The second-order valence-corrected chi connectivity index (χ2v) is 5.94. The minimum absolute atomic E-state index is 0.0525. The molecule has 0 amide bonds. The lowest BCUT2D eigenvalue weighted by molar-refractivity contribution is -0.141. The Kier molecular flexibility index (Phi) is 4.11. The van der Waals surface area contributed by atoms with Gasteiger partial charge in [-0.05, 0) is 17.7 Å². The molecule has 1 N–H and O–H groups in total. The van der Waals surface area contributed by atoms with E-state index in [2.05, 4.69) is 4.74 Å². The molecular formula is C11H14O5S. The highest BCUT2D eigenvalue weighted by Gasteiger charge is 2.25. The zero-order chi connectivity index (χ0) is 13.1. The molecule has 94 valence electrons. The van der Waals surface area contributed by atoms with Crippen molar-refractivity contribution in [3.05, 3.63) is 29.8 Å². The number of ether oxygens (including phenoxy) is 1. The Labute approximate surface area is 100.0 Å². The summed E-state index contributed by atoms with van der Waals surface area (Å²) >= 11 is 0. The molecule has 1 atom stereocenters. The summed E-state index contributed by atoms with van der Waals surface area (Å²) in [6.07, 6.45) is 1.06. The summed E-state index contributed by atoms with van der Waals surface area (Å²) < 4.78 is 27.1. The molecule has 6 heteroatoms. The minimum Gasteiger partial charge on any atom is -0.508 e. The van der Waals surface area contributed by atoms with Crippen LogP contribution in [0.3, 0.4) is 0 Å². The summed E-state index contributed by atoms with van der Waals surface area (Å²) in [6, 6.07) is 5.80. The third-order valence-electron chi connectivity index (χ3n) is 2.25. The van der Waals surface area contributed by atoms with Crippen LogP contribution in [0.25, 0.3) is 0 Å². The van der Waals surface area contributed by atoms with E-state index in [4.69, 9.17) is 5.11 Å². The number of esters is 1. The summed E-state index contributed by atoms with van der Waals surface area (Å²) in [4.78, 5) is 11.5. The summed E-state index contributed by atoms with van der Waals surface area (Å²) in [7, 11) is -2.09. The number of phenols is 1. The molecule has 5 nitrogen and oxygen atoms in total. The largest absolute Gasteiger partial charge is 0.508 e. The fraction of sp³-hybridized carbons (Fsp3) is 0.364. The molecule has 17 heavy (non-hydrogen) atoms. The zero-order valence-electron chi connectivity index (χ0n) is 9.58. The molecule has 0 fully saturated rings. The number of carbonyl (C=O) groups excluding carboxylic acids is 1. The Morgan fingerprint density at radius 3 is 2.29 bits per heavy atom. The van der Waals surface area contributed by atoms with Gasteiger partial charge in [0.25, 0.3) is 0 Å². The Morgan fingerprint density at radius 2 is 1.88 bits per heavy atom. The van der Waals surface area contributed by atoms with Gasteiger partial charge in [0.15, 0.2) is 0 Å². The predicted octanol–water partition coefficient (Wildman–Crippen LogP) is 0.693. The van der Waals surface area contributed by atoms with Crippen LogP contribution in [-0.2, 0) is 19.4 Å². The van der Waals surface area contributed by atoms with Crippen molar-refractivity contribution in [1.82, 2.24) is 0 Å². The van der Waals surface area contributed by atoms with Gasteiger partial charge in [-0.3, -0.25) is 4.79 Å². The predicted molar refractivity (Wildman–Crippen MR) is 62.6 cm³/mol. The highest BCUT2D eigenvalue weighted by molar-refractivity contribution is 7.90. The SMILES string of the molecule is COC(=O)C(CS(C)(=O)=O)c1ccc(O)cc1. The van der Waals surface area contributed by atoms with Crippen LogP contribution in [0.1, 0.15) is 11.5 Å². The smallest absolute Gasteiger partial charge is 0.314 e. The molecule has 1 unspecified atom stereocenters. The minimum atomic E-state index is -3.30. The van der Waals surface area contributed by atoms with Crippen LogP contribution in [0.15, 0.2) is 24.3 Å². The van der Waals surface area contributed by atoms with E-state index in [1.54, 1.807) is 0 Å². The van der Waals surface area contributed by atoms with E-state index < -0.39 is 21.7 Å². The normalized spacial score (nSPS) is 13.1. The highest BCUT2D eigenvalue weighted by Crippen LogP contribution is 2.21. The number of sulfone groups is 1. The number of phenolic OH excluding ortho intramolecular Hbond substituents is 1. The van der Waals surface area contributed by atoms with Crippen molar-refractivity contribution >= 4 is 15.8 Å². The van der Waals surface area contributed by atoms with Crippen molar-refractivity contribution in [3.8, 4) is 5.75 Å². The van der Waals surface area contributed by atoms with Gasteiger partial charge >= 0.3 is 5.97 Å². The van der Waals surface area contributed by atoms with E-state index in [0.717, 1.165) is 6.26 Å². The number of rotatable bonds is 4. The molecule has 0 aliphatic carbocycles. The second-order valence-electron chi connectivity index (χ2n) is 3.76. The number of carbonyl (C=O) groups is 1. The Morgan fingerprint density at radius 1 is 1.35 bits per heavy atom. The van der Waals surface area contributed by atoms with Crippen molar-refractivity contribution in [2.24, 2.45) is 0 Å². The maximum atomic E-state index is 11.5. The van der Waals surface area contributed by atoms with E-state index in [1.165, 1.54) is 31.4 Å². The fourth-order valence-electron chi connectivity index (χ4n) is 1.45. The third kappa shape index (κ3) is 4.07. The number of hydrogen-bond acceptors (Lipinski definition) is 5. The zero-order valence-corrected chi connectivity index (χ0v) is 10.4. The average molecular weight is 258 g/mol. The van der Waals surface area contributed by atoms with Crippen LogP contribution in [0.2, 0.25) is 0 Å². The molecule has 0 aliphatic rings. The van der Waals surface area contributed by atoms with E-state index in [0.29, 0.717) is 5.56 Å². The monoisotopic (exact) mass is 258 g/mol. The van der Waals surface area contributed by atoms with Gasteiger partial charge in [-0.2, -0.15) is 0 Å². The molecule has 1 rings (SSSR count). The lowest BCUT2D eigenvalue weighted by Crippen LogP contribution is -2.22. The quantitative estimate of drug-likeness (QED) is 0.804. The van der Waals surface area contributed by atoms with Gasteiger partial charge in [0, 0.05) is 6.26 Å². The molecule has 0 aliphatic heterocycles. The standard InChI is InChI=1S/C11H14O5S/c1-16-11(13)10(7-17(2,14)15)8-3-5-9(12)6-4-8/h3-6,10,12H,7H2,1-2H3. The molecule has 0 radical (unpaired) electrons. The molecule has 0 heterocycles. The van der Waals surface area contributed by atoms with Gasteiger partial charge in [-0.25, -0.2) is 8.42 Å². The molecule has 0 saturated heterocycles. The lowest BCUT2D eigenvalue weighted by atomic mass is 10.0. The molecule has 0 saturated carbocycles. The van der Waals surface area contributed by atoms with Gasteiger partial charge in [-0.1, -0.05) is 12.1 Å². The highest BCUT2D eigenvalue weighted by atomic mass is 32.2. The van der Waals surface area contributed by atoms with E-state index >= 15 is 0 Å². The fourth-order valence-corrected chi connectivity index (χ4v) is 2.39. The number of methoxy groups -OCH3 is 1. The number of aromatic hydroxyl groups is 1. The first-order valence-corrected chi connectivity index (χ1v) is 6.94. The Hall–Kier alpha value is -1.56. The van der Waals surface area contributed by atoms with Crippen molar-refractivity contribution in [2.75, 3.05) is 19.1 Å². The van der Waals surface area contributed by atoms with Crippen molar-refractivity contribution in [2.45, 2.75) is 5.92 Å². The first-order valence-electron chi connectivity index (χ1n) is 4.88. The van der Waals surface area contributed by atoms with Crippen LogP contribution < -0.4 is 0 Å².